The van der Waals surface area contributed by atoms with Gasteiger partial charge in [-0.2, -0.15) is 4.31 Å². The largest absolute Gasteiger partial charge is 0.370 e. The quantitative estimate of drug-likeness (QED) is 0.522. The molecule has 3 rings (SSSR count). The average Bonchev–Trinajstić information content (AvgIpc) is 3.31. The molecule has 8 nitrogen and oxygen atoms in total. The Labute approximate surface area is 191 Å². The number of hydrogen-bond acceptors (Lipinski definition) is 6. The van der Waals surface area contributed by atoms with Crippen LogP contribution in [0.2, 0.25) is 0 Å². The van der Waals surface area contributed by atoms with Crippen molar-refractivity contribution in [2.75, 3.05) is 46.9 Å². The van der Waals surface area contributed by atoms with Crippen molar-refractivity contribution in [1.82, 2.24) is 14.5 Å². The van der Waals surface area contributed by atoms with Crippen LogP contribution >= 0.6 is 0 Å². The molecule has 0 bridgehead atoms. The van der Waals surface area contributed by atoms with Gasteiger partial charge in [0.05, 0.1) is 13.2 Å². The maximum absolute atomic E-state index is 13.8. The van der Waals surface area contributed by atoms with Gasteiger partial charge in [-0.15, -0.1) is 0 Å². The number of amides is 1. The normalized spacial score (nSPS) is 13.7. The predicted molar refractivity (Wildman–Crippen MR) is 119 cm³/mol. The lowest BCUT2D eigenvalue weighted by molar-refractivity contribution is -0.135. The fraction of sp³-hybridized carbons (Fsp3) is 0.364. The summed E-state index contributed by atoms with van der Waals surface area (Å²) < 4.78 is 58.6. The molecule has 11 heteroatoms. The van der Waals surface area contributed by atoms with Gasteiger partial charge in [0.25, 0.3) is 0 Å². The Morgan fingerprint density at radius 1 is 1.12 bits per heavy atom. The van der Waals surface area contributed by atoms with E-state index in [2.05, 4.69) is 10.3 Å². The van der Waals surface area contributed by atoms with Crippen LogP contribution in [0.15, 0.2) is 52.4 Å². The average molecular weight is 481 g/mol. The van der Waals surface area contributed by atoms with Crippen LogP contribution in [-0.4, -0.2) is 76.3 Å². The number of aliphatic imine (C=N–C) groups is 1. The highest BCUT2D eigenvalue weighted by Gasteiger charge is 2.28. The highest BCUT2D eigenvalue weighted by atomic mass is 32.2. The van der Waals surface area contributed by atoms with Gasteiger partial charge in [0, 0.05) is 39.3 Å². The van der Waals surface area contributed by atoms with Crippen molar-refractivity contribution in [3.05, 3.63) is 65.2 Å². The Morgan fingerprint density at radius 2 is 1.79 bits per heavy atom. The molecule has 0 unspecified atom stereocenters. The molecule has 33 heavy (non-hydrogen) atoms. The van der Waals surface area contributed by atoms with Gasteiger partial charge >= 0.3 is 0 Å². The summed E-state index contributed by atoms with van der Waals surface area (Å²) in [5, 5.41) is 3.20. The molecular weight excluding hydrogens is 454 g/mol. The van der Waals surface area contributed by atoms with Crippen LogP contribution in [0, 0.1) is 11.6 Å². The van der Waals surface area contributed by atoms with Crippen LogP contribution in [0.1, 0.15) is 11.1 Å². The molecule has 0 aliphatic carbocycles. The summed E-state index contributed by atoms with van der Waals surface area (Å²) in [6.45, 7) is 1.42. The fourth-order valence-corrected chi connectivity index (χ4v) is 4.44. The molecule has 2 aromatic rings. The topological polar surface area (TPSA) is 91.3 Å². The summed E-state index contributed by atoms with van der Waals surface area (Å²) in [7, 11) is -1.54. The second-order valence-electron chi connectivity index (χ2n) is 7.53. The molecule has 0 fully saturated rings. The number of hydrogen-bond donors (Lipinski definition) is 1. The van der Waals surface area contributed by atoms with Crippen LogP contribution in [0.3, 0.4) is 0 Å². The molecule has 0 aromatic heterocycles. The number of rotatable bonds is 10. The third-order valence-corrected chi connectivity index (χ3v) is 7.02. The summed E-state index contributed by atoms with van der Waals surface area (Å²) in [6, 6.07) is 10.6. The number of halogens is 2. The van der Waals surface area contributed by atoms with Crippen LogP contribution in [-0.2, 0) is 26.1 Å². The smallest absolute Gasteiger partial charge is 0.248 e. The molecule has 1 aliphatic rings. The molecule has 0 saturated heterocycles. The molecule has 0 atom stereocenters. The summed E-state index contributed by atoms with van der Waals surface area (Å²) in [5.41, 5.74) is 1.92. The Morgan fingerprint density at radius 3 is 2.39 bits per heavy atom. The first-order valence-corrected chi connectivity index (χ1v) is 11.7. The Hall–Kier alpha value is -2.89. The molecule has 2 aromatic carbocycles. The van der Waals surface area contributed by atoms with E-state index in [1.807, 2.05) is 24.3 Å². The van der Waals surface area contributed by atoms with Gasteiger partial charge in [-0.05, 0) is 17.7 Å². The number of likely N-dealkylation sites (N-methyl/N-ethyl adjacent to an activating group) is 2. The van der Waals surface area contributed by atoms with Gasteiger partial charge in [-0.1, -0.05) is 30.3 Å². The minimum atomic E-state index is -4.37. The zero-order valence-corrected chi connectivity index (χ0v) is 19.2. The van der Waals surface area contributed by atoms with Crippen molar-refractivity contribution in [1.29, 1.82) is 0 Å². The van der Waals surface area contributed by atoms with Crippen LogP contribution < -0.4 is 5.32 Å². The molecule has 0 radical (unpaired) electrons. The number of amidine groups is 1. The Kier molecular flexibility index (Phi) is 8.11. The second-order valence-corrected chi connectivity index (χ2v) is 9.52. The third kappa shape index (κ3) is 6.12. The molecule has 1 N–H and O–H groups in total. The molecule has 1 amide bonds. The lowest BCUT2D eigenvalue weighted by Gasteiger charge is -2.19. The standard InChI is InChI=1S/C22H26F2N4O4S/c1-27(14-16-6-8-17(9-7-16)22-25-10-11-26-22)20(29)15-32-13-12-28(2)33(30,31)21-18(23)4-3-5-19(21)24/h3-9H,10-15H2,1-2H3,(H,25,26). The van der Waals surface area contributed by atoms with E-state index in [-0.39, 0.29) is 25.7 Å². The predicted octanol–water partition coefficient (Wildman–Crippen LogP) is 1.61. The van der Waals surface area contributed by atoms with Crippen molar-refractivity contribution in [3.8, 4) is 0 Å². The summed E-state index contributed by atoms with van der Waals surface area (Å²) in [6.07, 6.45) is 0. The van der Waals surface area contributed by atoms with E-state index < -0.39 is 26.6 Å². The maximum Gasteiger partial charge on any atom is 0.248 e. The first-order valence-electron chi connectivity index (χ1n) is 10.3. The zero-order valence-electron chi connectivity index (χ0n) is 18.4. The summed E-state index contributed by atoms with van der Waals surface area (Å²) in [5.74, 6) is -1.75. The van der Waals surface area contributed by atoms with Gasteiger partial charge in [-0.25, -0.2) is 17.2 Å². The van der Waals surface area contributed by atoms with Crippen LogP contribution in [0.25, 0.3) is 0 Å². The number of carbonyl (C=O) groups excluding carboxylic acids is 1. The molecule has 1 aliphatic heterocycles. The first-order chi connectivity index (χ1) is 15.7. The van der Waals surface area contributed by atoms with E-state index in [1.54, 1.807) is 7.05 Å². The van der Waals surface area contributed by atoms with E-state index in [1.165, 1.54) is 11.9 Å². The van der Waals surface area contributed by atoms with Gasteiger partial charge in [0.1, 0.15) is 24.1 Å². The molecule has 1 heterocycles. The van der Waals surface area contributed by atoms with E-state index in [0.717, 1.165) is 52.6 Å². The minimum absolute atomic E-state index is 0.116. The van der Waals surface area contributed by atoms with Crippen molar-refractivity contribution in [2.24, 2.45) is 4.99 Å². The number of carbonyl (C=O) groups is 1. The number of sulfonamides is 1. The molecule has 0 saturated carbocycles. The van der Waals surface area contributed by atoms with E-state index >= 15 is 0 Å². The van der Waals surface area contributed by atoms with Crippen molar-refractivity contribution >= 4 is 21.8 Å². The third-order valence-electron chi connectivity index (χ3n) is 5.11. The number of nitrogens with zero attached hydrogens (tertiary/aromatic N) is 3. The first kappa shape index (κ1) is 24.7. The van der Waals surface area contributed by atoms with Crippen molar-refractivity contribution < 1.29 is 26.7 Å². The van der Waals surface area contributed by atoms with Crippen molar-refractivity contribution in [3.63, 3.8) is 0 Å². The van der Waals surface area contributed by atoms with Crippen molar-refractivity contribution in [2.45, 2.75) is 11.4 Å². The van der Waals surface area contributed by atoms with Crippen LogP contribution in [0.5, 0.6) is 0 Å². The van der Waals surface area contributed by atoms with Gasteiger partial charge in [-0.3, -0.25) is 9.79 Å². The highest BCUT2D eigenvalue weighted by Crippen LogP contribution is 2.21. The molecule has 178 valence electrons. The van der Waals surface area contributed by atoms with Gasteiger partial charge < -0.3 is 15.0 Å². The van der Waals surface area contributed by atoms with E-state index in [4.69, 9.17) is 4.74 Å². The van der Waals surface area contributed by atoms with Gasteiger partial charge in [0.15, 0.2) is 4.90 Å². The molecular formula is C22H26F2N4O4S. The SMILES string of the molecule is CN(Cc1ccc(C2=NCCN2)cc1)C(=O)COCCN(C)S(=O)(=O)c1c(F)cccc1F. The Bertz CT molecular complexity index is 1100. The lowest BCUT2D eigenvalue weighted by Crippen LogP contribution is -2.34. The number of ether oxygens (including phenoxy) is 1. The Balaban J connectivity index is 1.45. The zero-order chi connectivity index (χ0) is 24.0. The number of benzene rings is 2. The summed E-state index contributed by atoms with van der Waals surface area (Å²) >= 11 is 0. The summed E-state index contributed by atoms with van der Waals surface area (Å²) in [4.78, 5) is 17.2. The lowest BCUT2D eigenvalue weighted by atomic mass is 10.1. The van der Waals surface area contributed by atoms with Crippen LogP contribution in [0.4, 0.5) is 8.78 Å². The number of nitrogens with one attached hydrogen (secondary N) is 1. The van der Waals surface area contributed by atoms with E-state index in [0.29, 0.717) is 6.54 Å². The molecule has 0 spiro atoms. The fourth-order valence-electron chi connectivity index (χ4n) is 3.19. The minimum Gasteiger partial charge on any atom is -0.370 e. The highest BCUT2D eigenvalue weighted by molar-refractivity contribution is 7.89. The maximum atomic E-state index is 13.8. The second kappa shape index (κ2) is 10.8. The van der Waals surface area contributed by atoms with Gasteiger partial charge in [0.2, 0.25) is 15.9 Å². The van der Waals surface area contributed by atoms with E-state index in [9.17, 15) is 22.0 Å². The monoisotopic (exact) mass is 480 g/mol.